The van der Waals surface area contributed by atoms with Crippen LogP contribution in [0.3, 0.4) is 0 Å². The zero-order valence-corrected chi connectivity index (χ0v) is 36.6. The number of aromatic carboxylic acids is 2. The Balaban J connectivity index is 0.000000225. The van der Waals surface area contributed by atoms with Crippen LogP contribution in [0.4, 0.5) is 20.2 Å². The van der Waals surface area contributed by atoms with Crippen molar-refractivity contribution in [1.82, 2.24) is 18.9 Å². The van der Waals surface area contributed by atoms with Gasteiger partial charge in [0.25, 0.3) is 0 Å². The molecule has 2 aromatic carbocycles. The lowest BCUT2D eigenvalue weighted by Gasteiger charge is -2.37. The molecule has 0 bridgehead atoms. The van der Waals surface area contributed by atoms with Crippen molar-refractivity contribution in [2.24, 2.45) is 0 Å². The van der Waals surface area contributed by atoms with Gasteiger partial charge in [-0.2, -0.15) is 0 Å². The molecule has 6 heterocycles. The van der Waals surface area contributed by atoms with Gasteiger partial charge in [0.15, 0.2) is 23.1 Å². The number of anilines is 2. The summed E-state index contributed by atoms with van der Waals surface area (Å²) in [6.45, 7) is 12.5. The molecule has 356 valence electrons. The second-order valence-electron chi connectivity index (χ2n) is 16.0. The molecule has 4 aromatic rings. The van der Waals surface area contributed by atoms with E-state index in [1.54, 1.807) is 9.13 Å². The summed E-state index contributed by atoms with van der Waals surface area (Å²) >= 11 is 0. The number of carboxylic acid groups (broad SMARTS) is 4. The van der Waals surface area contributed by atoms with E-state index in [-0.39, 0.29) is 52.7 Å². The van der Waals surface area contributed by atoms with Crippen LogP contribution < -0.4 is 30.1 Å². The van der Waals surface area contributed by atoms with Crippen LogP contribution in [0.1, 0.15) is 60.5 Å². The number of aromatic nitrogens is 2. The van der Waals surface area contributed by atoms with Crippen molar-refractivity contribution >= 4 is 57.1 Å². The first-order valence-electron chi connectivity index (χ1n) is 20.3. The van der Waals surface area contributed by atoms with E-state index in [9.17, 15) is 47.8 Å². The van der Waals surface area contributed by atoms with Crippen molar-refractivity contribution < 1.29 is 73.5 Å². The number of ether oxygens (including phenoxy) is 2. The third-order valence-corrected chi connectivity index (χ3v) is 11.1. The topological polar surface area (TPSA) is 297 Å². The number of hydrogen-bond donors (Lipinski definition) is 6. The fraction of sp³-hybridized carbons (Fsp3) is 0.476. The second-order valence-corrected chi connectivity index (χ2v) is 16.0. The van der Waals surface area contributed by atoms with E-state index in [0.717, 1.165) is 38.3 Å². The number of rotatable bonds is 6. The first-order chi connectivity index (χ1) is 30.0. The predicted molar refractivity (Wildman–Crippen MR) is 232 cm³/mol. The van der Waals surface area contributed by atoms with E-state index in [1.165, 1.54) is 26.2 Å². The SMILES string of the molecule is CC(O)C(=O)O.CC(O)C(=O)O.C[C@H]1COc2c(N3CCN(C)CC3)c(F)cc3c(=O)c(C(=O)O)cn1c23.C[C@H]1COc2c(N3CCN(C)CC3)c(F)cc3c(=O)c(C(=O)O)cn1c23.O. The monoisotopic (exact) mass is 920 g/mol. The van der Waals surface area contributed by atoms with Crippen LogP contribution in [0.15, 0.2) is 34.1 Å². The molecule has 0 saturated carbocycles. The fourth-order valence-electron chi connectivity index (χ4n) is 7.38. The lowest BCUT2D eigenvalue weighted by atomic mass is 10.1. The van der Waals surface area contributed by atoms with Gasteiger partial charge in [0.05, 0.1) is 33.9 Å². The van der Waals surface area contributed by atoms with Crippen molar-refractivity contribution in [3.63, 3.8) is 0 Å². The summed E-state index contributed by atoms with van der Waals surface area (Å²) in [5.74, 6) is -5.46. The standard InChI is InChI=1S/2C18H20FN3O4.2C3H6O3.H2O/c2*1-10-9-26-17-14-11(16(23)12(18(24)25)8-22(10)14)7-13(19)15(17)21-5-3-20(2)4-6-21;2*1-2(4)3(5)6;/h2*7-8,10H,3-6,9H2,1-2H3,(H,24,25);2*2,4H,1H3,(H,5,6);1H2/t2*10-;;;/m00.../s1. The van der Waals surface area contributed by atoms with Crippen molar-refractivity contribution in [1.29, 1.82) is 0 Å². The first-order valence-corrected chi connectivity index (χ1v) is 20.3. The molecular formula is C42H54F2N6O15. The molecule has 4 aliphatic heterocycles. The second kappa shape index (κ2) is 21.1. The van der Waals surface area contributed by atoms with Gasteiger partial charge in [-0.3, -0.25) is 9.59 Å². The number of benzene rings is 2. The normalized spacial score (nSPS) is 18.7. The number of aliphatic hydroxyl groups excluding tert-OH is 2. The van der Waals surface area contributed by atoms with Gasteiger partial charge >= 0.3 is 23.9 Å². The third-order valence-electron chi connectivity index (χ3n) is 11.1. The molecule has 65 heavy (non-hydrogen) atoms. The summed E-state index contributed by atoms with van der Waals surface area (Å²) in [6, 6.07) is 1.99. The number of aliphatic carboxylic acids is 2. The van der Waals surface area contributed by atoms with E-state index >= 15 is 0 Å². The fourth-order valence-corrected chi connectivity index (χ4v) is 7.38. The van der Waals surface area contributed by atoms with Gasteiger partial charge in [0.2, 0.25) is 10.9 Å². The lowest BCUT2D eigenvalue weighted by Crippen LogP contribution is -2.45. The van der Waals surface area contributed by atoms with Crippen molar-refractivity contribution in [2.45, 2.75) is 52.0 Å². The van der Waals surface area contributed by atoms with E-state index in [0.29, 0.717) is 60.1 Å². The third kappa shape index (κ3) is 10.9. The number of aliphatic hydroxyl groups is 2. The Hall–Kier alpha value is -6.40. The van der Waals surface area contributed by atoms with Gasteiger partial charge in [-0.15, -0.1) is 0 Å². The number of piperazine rings is 2. The highest BCUT2D eigenvalue weighted by atomic mass is 19.1. The molecule has 0 radical (unpaired) electrons. The Labute approximate surface area is 369 Å². The predicted octanol–water partition coefficient (Wildman–Crippen LogP) is 1.17. The molecular weight excluding hydrogens is 866 g/mol. The quantitative estimate of drug-likeness (QED) is 0.158. The highest BCUT2D eigenvalue weighted by molar-refractivity contribution is 5.98. The summed E-state index contributed by atoms with van der Waals surface area (Å²) < 4.78 is 45.1. The molecule has 8 rings (SSSR count). The van der Waals surface area contributed by atoms with Crippen LogP contribution in [0.25, 0.3) is 21.8 Å². The Morgan fingerprint density at radius 2 is 0.908 bits per heavy atom. The van der Waals surface area contributed by atoms with Gasteiger partial charge in [-0.1, -0.05) is 0 Å². The largest absolute Gasteiger partial charge is 0.487 e. The number of likely N-dealkylation sites (N-methyl/N-ethyl adjacent to an activating group) is 2. The lowest BCUT2D eigenvalue weighted by molar-refractivity contribution is -0.146. The van der Waals surface area contributed by atoms with Gasteiger partial charge in [-0.25, -0.2) is 28.0 Å². The number of nitrogens with zero attached hydrogens (tertiary/aromatic N) is 6. The number of carboxylic acids is 4. The maximum atomic E-state index is 15.0. The average molecular weight is 921 g/mol. The van der Waals surface area contributed by atoms with E-state index in [2.05, 4.69) is 9.80 Å². The van der Waals surface area contributed by atoms with Crippen LogP contribution >= 0.6 is 0 Å². The maximum absolute atomic E-state index is 15.0. The van der Waals surface area contributed by atoms with E-state index in [1.807, 2.05) is 37.7 Å². The summed E-state index contributed by atoms with van der Waals surface area (Å²) in [7, 11) is 4.03. The van der Waals surface area contributed by atoms with Gasteiger partial charge in [0, 0.05) is 64.8 Å². The average Bonchev–Trinajstić information content (AvgIpc) is 3.23. The van der Waals surface area contributed by atoms with Crippen LogP contribution in [-0.4, -0.2) is 171 Å². The molecule has 0 amide bonds. The van der Waals surface area contributed by atoms with Crippen LogP contribution in [0.2, 0.25) is 0 Å². The van der Waals surface area contributed by atoms with E-state index in [4.69, 9.17) is 29.9 Å². The molecule has 4 aliphatic rings. The summed E-state index contributed by atoms with van der Waals surface area (Å²) in [5, 5.41) is 50.3. The maximum Gasteiger partial charge on any atom is 0.341 e. The zero-order chi connectivity index (χ0) is 47.5. The van der Waals surface area contributed by atoms with Gasteiger partial charge in [-0.05, 0) is 53.9 Å². The highest BCUT2D eigenvalue weighted by Crippen LogP contribution is 2.43. The number of halogens is 2. The van der Waals surface area contributed by atoms with Gasteiger partial charge in [0.1, 0.15) is 47.9 Å². The number of carbonyl (C=O) groups is 4. The number of pyridine rings is 2. The Bertz CT molecular complexity index is 2390. The number of hydrogen-bond acceptors (Lipinski definition) is 14. The highest BCUT2D eigenvalue weighted by Gasteiger charge is 2.33. The smallest absolute Gasteiger partial charge is 0.341 e. The van der Waals surface area contributed by atoms with Crippen LogP contribution in [0, 0.1) is 11.6 Å². The summed E-state index contributed by atoms with van der Waals surface area (Å²) in [6.07, 6.45) is 0.222. The molecule has 0 spiro atoms. The Kier molecular flexibility index (Phi) is 16.6. The summed E-state index contributed by atoms with van der Waals surface area (Å²) in [5.41, 5.74) is -0.448. The molecule has 23 heteroatoms. The Morgan fingerprint density at radius 1 is 0.615 bits per heavy atom. The zero-order valence-electron chi connectivity index (χ0n) is 36.6. The van der Waals surface area contributed by atoms with E-state index < -0.39 is 58.6 Å². The molecule has 2 fully saturated rings. The van der Waals surface area contributed by atoms with Gasteiger partial charge < -0.3 is 74.3 Å². The molecule has 4 atom stereocenters. The molecule has 8 N–H and O–H groups in total. The molecule has 21 nitrogen and oxygen atoms in total. The molecule has 2 aromatic heterocycles. The van der Waals surface area contributed by atoms with Crippen LogP contribution in [-0.2, 0) is 9.59 Å². The first kappa shape index (κ1) is 51.2. The minimum absolute atomic E-state index is 0. The summed E-state index contributed by atoms with van der Waals surface area (Å²) in [4.78, 5) is 75.1. The minimum atomic E-state index is -1.32. The molecule has 2 saturated heterocycles. The molecule has 2 unspecified atom stereocenters. The minimum Gasteiger partial charge on any atom is -0.487 e. The van der Waals surface area contributed by atoms with Crippen molar-refractivity contribution in [2.75, 3.05) is 89.5 Å². The van der Waals surface area contributed by atoms with Crippen molar-refractivity contribution in [3.05, 3.63) is 67.7 Å². The van der Waals surface area contributed by atoms with Crippen LogP contribution in [0.5, 0.6) is 11.5 Å². The Morgan fingerprint density at radius 3 is 1.17 bits per heavy atom. The molecule has 0 aliphatic carbocycles. The van der Waals surface area contributed by atoms with Crippen molar-refractivity contribution in [3.8, 4) is 11.5 Å².